The minimum Gasteiger partial charge on any atom is -0.497 e. The standard InChI is InChI=1S/C13H13N3O4/c1-20-9-4-2-8(3-5-9)11(13(18)19)16-7-15-6-10(14)12(16)17/h2-7,11H,14H2,1H3,(H,18,19). The van der Waals surface area contributed by atoms with Crippen molar-refractivity contribution in [3.05, 3.63) is 52.7 Å². The lowest BCUT2D eigenvalue weighted by Crippen LogP contribution is -2.32. The highest BCUT2D eigenvalue weighted by molar-refractivity contribution is 5.76. The molecule has 1 atom stereocenters. The molecule has 0 fully saturated rings. The second-order valence-electron chi connectivity index (χ2n) is 4.08. The van der Waals surface area contributed by atoms with E-state index in [1.54, 1.807) is 24.3 Å². The Balaban J connectivity index is 2.53. The smallest absolute Gasteiger partial charge is 0.331 e. The summed E-state index contributed by atoms with van der Waals surface area (Å²) in [7, 11) is 1.51. The summed E-state index contributed by atoms with van der Waals surface area (Å²) >= 11 is 0. The molecule has 104 valence electrons. The number of benzene rings is 1. The van der Waals surface area contributed by atoms with E-state index in [0.29, 0.717) is 11.3 Å². The largest absolute Gasteiger partial charge is 0.497 e. The molecule has 1 aromatic heterocycles. The molecule has 7 nitrogen and oxygen atoms in total. The molecule has 1 unspecified atom stereocenters. The van der Waals surface area contributed by atoms with E-state index in [1.165, 1.54) is 13.3 Å². The predicted octanol–water partition coefficient (Wildman–Crippen LogP) is 0.508. The van der Waals surface area contributed by atoms with Crippen LogP contribution in [0, 0.1) is 0 Å². The third-order valence-corrected chi connectivity index (χ3v) is 2.83. The number of carboxylic acids is 1. The van der Waals surface area contributed by atoms with Crippen LogP contribution in [-0.2, 0) is 4.79 Å². The van der Waals surface area contributed by atoms with Crippen molar-refractivity contribution < 1.29 is 14.6 Å². The number of nitrogens with two attached hydrogens (primary N) is 1. The first kappa shape index (κ1) is 13.6. The van der Waals surface area contributed by atoms with Crippen molar-refractivity contribution in [2.75, 3.05) is 12.8 Å². The molecule has 0 saturated heterocycles. The van der Waals surface area contributed by atoms with E-state index < -0.39 is 17.6 Å². The SMILES string of the molecule is COc1ccc(C(C(=O)O)n2cncc(N)c2=O)cc1. The number of ether oxygens (including phenoxy) is 1. The van der Waals surface area contributed by atoms with Gasteiger partial charge in [-0.25, -0.2) is 9.78 Å². The Morgan fingerprint density at radius 2 is 2.05 bits per heavy atom. The van der Waals surface area contributed by atoms with Gasteiger partial charge in [-0.15, -0.1) is 0 Å². The molecular formula is C13H13N3O4. The molecule has 0 radical (unpaired) electrons. The van der Waals surface area contributed by atoms with Gasteiger partial charge in [0.25, 0.3) is 5.56 Å². The summed E-state index contributed by atoms with van der Waals surface area (Å²) in [6, 6.07) is 5.21. The number of hydrogen-bond donors (Lipinski definition) is 2. The van der Waals surface area contributed by atoms with E-state index in [4.69, 9.17) is 10.5 Å². The molecule has 0 aliphatic heterocycles. The summed E-state index contributed by atoms with van der Waals surface area (Å²) in [6.07, 6.45) is 2.34. The lowest BCUT2D eigenvalue weighted by Gasteiger charge is -2.16. The summed E-state index contributed by atoms with van der Waals surface area (Å²) in [4.78, 5) is 27.1. The number of aromatic nitrogens is 2. The minimum absolute atomic E-state index is 0.104. The Morgan fingerprint density at radius 3 is 2.60 bits per heavy atom. The van der Waals surface area contributed by atoms with Crippen molar-refractivity contribution in [1.29, 1.82) is 0 Å². The molecule has 0 saturated carbocycles. The van der Waals surface area contributed by atoms with Gasteiger partial charge in [0, 0.05) is 0 Å². The zero-order chi connectivity index (χ0) is 14.7. The third kappa shape index (κ3) is 2.46. The molecule has 0 bridgehead atoms. The van der Waals surface area contributed by atoms with Gasteiger partial charge >= 0.3 is 5.97 Å². The van der Waals surface area contributed by atoms with Crippen LogP contribution >= 0.6 is 0 Å². The molecular weight excluding hydrogens is 262 g/mol. The minimum atomic E-state index is -1.19. The van der Waals surface area contributed by atoms with Crippen LogP contribution in [-0.4, -0.2) is 27.7 Å². The van der Waals surface area contributed by atoms with Gasteiger partial charge in [-0.05, 0) is 17.7 Å². The van der Waals surface area contributed by atoms with Crippen molar-refractivity contribution >= 4 is 11.7 Å². The molecule has 1 aromatic carbocycles. The van der Waals surface area contributed by atoms with Gasteiger partial charge in [-0.1, -0.05) is 12.1 Å². The molecule has 3 N–H and O–H groups in total. The first-order chi connectivity index (χ1) is 9.54. The Labute approximate surface area is 114 Å². The van der Waals surface area contributed by atoms with Gasteiger partial charge < -0.3 is 15.6 Å². The average molecular weight is 275 g/mol. The number of anilines is 1. The van der Waals surface area contributed by atoms with Gasteiger partial charge in [-0.3, -0.25) is 9.36 Å². The van der Waals surface area contributed by atoms with Crippen LogP contribution in [0.4, 0.5) is 5.69 Å². The Hall–Kier alpha value is -2.83. The first-order valence-electron chi connectivity index (χ1n) is 5.73. The van der Waals surface area contributed by atoms with Crippen LogP contribution in [0.1, 0.15) is 11.6 Å². The molecule has 20 heavy (non-hydrogen) atoms. The molecule has 0 aliphatic carbocycles. The highest BCUT2D eigenvalue weighted by Gasteiger charge is 2.23. The van der Waals surface area contributed by atoms with Crippen molar-refractivity contribution in [3.8, 4) is 5.75 Å². The molecule has 0 aliphatic rings. The Kier molecular flexibility index (Phi) is 3.69. The van der Waals surface area contributed by atoms with Gasteiger partial charge in [0.1, 0.15) is 11.4 Å². The number of carboxylic acid groups (broad SMARTS) is 1. The van der Waals surface area contributed by atoms with Crippen molar-refractivity contribution in [2.45, 2.75) is 6.04 Å². The first-order valence-corrected chi connectivity index (χ1v) is 5.73. The van der Waals surface area contributed by atoms with Crippen molar-refractivity contribution in [2.24, 2.45) is 0 Å². The van der Waals surface area contributed by atoms with Crippen molar-refractivity contribution in [1.82, 2.24) is 9.55 Å². The van der Waals surface area contributed by atoms with Crippen LogP contribution in [0.25, 0.3) is 0 Å². The third-order valence-electron chi connectivity index (χ3n) is 2.83. The van der Waals surface area contributed by atoms with Gasteiger partial charge in [-0.2, -0.15) is 0 Å². The maximum absolute atomic E-state index is 11.9. The van der Waals surface area contributed by atoms with E-state index in [1.807, 2.05) is 0 Å². The second-order valence-corrected chi connectivity index (χ2v) is 4.08. The highest BCUT2D eigenvalue weighted by atomic mass is 16.5. The number of nitrogen functional groups attached to an aromatic ring is 1. The maximum Gasteiger partial charge on any atom is 0.331 e. The fraction of sp³-hybridized carbons (Fsp3) is 0.154. The summed E-state index contributed by atoms with van der Waals surface area (Å²) in [5.74, 6) is -0.583. The topological polar surface area (TPSA) is 107 Å². The maximum atomic E-state index is 11.9. The zero-order valence-corrected chi connectivity index (χ0v) is 10.7. The lowest BCUT2D eigenvalue weighted by molar-refractivity contribution is -0.139. The average Bonchev–Trinajstić information content (AvgIpc) is 2.44. The van der Waals surface area contributed by atoms with E-state index in [2.05, 4.69) is 4.98 Å². The Morgan fingerprint density at radius 1 is 1.40 bits per heavy atom. The van der Waals surface area contributed by atoms with E-state index in [-0.39, 0.29) is 5.69 Å². The molecule has 0 amide bonds. The number of nitrogens with zero attached hydrogens (tertiary/aromatic N) is 2. The summed E-state index contributed by atoms with van der Waals surface area (Å²) in [5.41, 5.74) is 5.20. The lowest BCUT2D eigenvalue weighted by atomic mass is 10.1. The van der Waals surface area contributed by atoms with Crippen molar-refractivity contribution in [3.63, 3.8) is 0 Å². The van der Waals surface area contributed by atoms with Gasteiger partial charge in [0.05, 0.1) is 19.6 Å². The zero-order valence-electron chi connectivity index (χ0n) is 10.7. The number of hydrogen-bond acceptors (Lipinski definition) is 5. The quantitative estimate of drug-likeness (QED) is 0.841. The fourth-order valence-corrected chi connectivity index (χ4v) is 1.83. The number of aliphatic carboxylic acids is 1. The van der Waals surface area contributed by atoms with Gasteiger partial charge in [0.15, 0.2) is 6.04 Å². The van der Waals surface area contributed by atoms with E-state index >= 15 is 0 Å². The van der Waals surface area contributed by atoms with E-state index in [0.717, 1.165) is 10.9 Å². The molecule has 2 aromatic rings. The van der Waals surface area contributed by atoms with E-state index in [9.17, 15) is 14.7 Å². The normalized spacial score (nSPS) is 11.8. The highest BCUT2D eigenvalue weighted by Crippen LogP contribution is 2.20. The molecule has 2 rings (SSSR count). The van der Waals surface area contributed by atoms with Crippen LogP contribution in [0.5, 0.6) is 5.75 Å². The number of carbonyl (C=O) groups is 1. The summed E-state index contributed by atoms with van der Waals surface area (Å²) < 4.78 is 6.00. The molecule has 0 spiro atoms. The summed E-state index contributed by atoms with van der Waals surface area (Å²) in [6.45, 7) is 0. The van der Waals surface area contributed by atoms with Crippen LogP contribution in [0.2, 0.25) is 0 Å². The number of methoxy groups -OCH3 is 1. The van der Waals surface area contributed by atoms with Gasteiger partial charge in [0.2, 0.25) is 0 Å². The molecule has 1 heterocycles. The monoisotopic (exact) mass is 275 g/mol. The Bertz CT molecular complexity index is 679. The van der Waals surface area contributed by atoms with Crippen LogP contribution < -0.4 is 16.0 Å². The second kappa shape index (κ2) is 5.43. The number of rotatable bonds is 4. The predicted molar refractivity (Wildman–Crippen MR) is 71.7 cm³/mol. The van der Waals surface area contributed by atoms with Crippen LogP contribution in [0.3, 0.4) is 0 Å². The molecule has 7 heteroatoms. The summed E-state index contributed by atoms with van der Waals surface area (Å²) in [5, 5.41) is 9.36. The fourth-order valence-electron chi connectivity index (χ4n) is 1.83. The van der Waals surface area contributed by atoms with Crippen LogP contribution in [0.15, 0.2) is 41.6 Å².